The molecule has 5 heterocycles. The number of aromatic nitrogens is 4. The standard InChI is InChI=1S/C57H42BN6O/c1-38-17-14-18-39(2)56(38)63-54-33-32-42(36-55(54)64-57-46(24-16-34-59(57)3)43-21-4-7-25-47(43)58(63)64)65-41-20-15-19-40(35-41)60-37-61(51-29-11-10-28-50(51)60)52-30-12-13-31-53(52)62-48-26-8-5-22-44(48)45-23-6-9-27-49(45)62/h4-36H,1-3H3/q+1. The van der Waals surface area contributed by atoms with E-state index in [0.717, 1.165) is 56.8 Å². The van der Waals surface area contributed by atoms with Gasteiger partial charge < -0.3 is 14.1 Å². The topological polar surface area (TPSA) is 33.3 Å². The van der Waals surface area contributed by atoms with Gasteiger partial charge in [0.2, 0.25) is 0 Å². The van der Waals surface area contributed by atoms with Crippen LogP contribution in [0.2, 0.25) is 0 Å². The van der Waals surface area contributed by atoms with Crippen molar-refractivity contribution in [3.05, 3.63) is 218 Å². The van der Waals surface area contributed by atoms with E-state index in [1.165, 1.54) is 55.2 Å². The van der Waals surface area contributed by atoms with Gasteiger partial charge in [0.05, 0.1) is 63.6 Å². The molecule has 0 spiro atoms. The van der Waals surface area contributed by atoms with Gasteiger partial charge in [-0.15, -0.1) is 0 Å². The normalized spacial score (nSPS) is 12.8. The lowest BCUT2D eigenvalue weighted by atomic mass is 9.59. The van der Waals surface area contributed by atoms with Crippen molar-refractivity contribution in [2.24, 2.45) is 7.05 Å². The Labute approximate surface area is 377 Å². The number of para-hydroxylation sites is 7. The van der Waals surface area contributed by atoms with Crippen LogP contribution in [0, 0.1) is 20.2 Å². The first-order valence-corrected chi connectivity index (χ1v) is 22.2. The molecule has 0 saturated heterocycles. The molecule has 0 saturated carbocycles. The molecule has 0 radical (unpaired) electrons. The van der Waals surface area contributed by atoms with Crippen molar-refractivity contribution in [3.8, 4) is 39.7 Å². The number of anilines is 4. The molecule has 308 valence electrons. The fraction of sp³-hybridized carbons (Fsp3) is 0.0526. The van der Waals surface area contributed by atoms with Crippen LogP contribution in [0.1, 0.15) is 11.1 Å². The van der Waals surface area contributed by atoms with Crippen molar-refractivity contribution >= 4 is 68.2 Å². The smallest absolute Gasteiger partial charge is 0.458 e. The van der Waals surface area contributed by atoms with Gasteiger partial charge in [-0.25, -0.2) is 4.57 Å². The molecule has 0 aliphatic carbocycles. The van der Waals surface area contributed by atoms with E-state index in [4.69, 9.17) is 4.74 Å². The van der Waals surface area contributed by atoms with Crippen LogP contribution in [0.3, 0.4) is 0 Å². The lowest BCUT2D eigenvalue weighted by molar-refractivity contribution is -0.657. The van der Waals surface area contributed by atoms with Gasteiger partial charge >= 0.3 is 6.98 Å². The summed E-state index contributed by atoms with van der Waals surface area (Å²) < 4.78 is 15.8. The number of aryl methyl sites for hydroxylation is 3. The zero-order valence-corrected chi connectivity index (χ0v) is 36.2. The van der Waals surface area contributed by atoms with Crippen LogP contribution in [0.5, 0.6) is 11.5 Å². The third-order valence-corrected chi connectivity index (χ3v) is 13.4. The minimum Gasteiger partial charge on any atom is -0.458 e. The molecule has 8 heteroatoms. The van der Waals surface area contributed by atoms with Crippen LogP contribution in [-0.2, 0) is 7.05 Å². The molecular weight excluding hydrogens is 795 g/mol. The number of ether oxygens (including phenoxy) is 1. The van der Waals surface area contributed by atoms with E-state index in [2.05, 4.69) is 249 Å². The van der Waals surface area contributed by atoms with Crippen molar-refractivity contribution in [2.75, 3.05) is 9.62 Å². The molecule has 3 aromatic heterocycles. The fourth-order valence-corrected chi connectivity index (χ4v) is 10.6. The van der Waals surface area contributed by atoms with Gasteiger partial charge in [0.25, 0.3) is 12.1 Å². The summed E-state index contributed by atoms with van der Waals surface area (Å²) in [7, 11) is 2.14. The highest BCUT2D eigenvalue weighted by Crippen LogP contribution is 2.52. The number of pyridine rings is 1. The highest BCUT2D eigenvalue weighted by atomic mass is 16.5. The van der Waals surface area contributed by atoms with Crippen LogP contribution in [0.15, 0.2) is 200 Å². The Kier molecular flexibility index (Phi) is 8.21. The summed E-state index contributed by atoms with van der Waals surface area (Å²) in [5, 5.41) is 2.46. The molecule has 0 amide bonds. The summed E-state index contributed by atoms with van der Waals surface area (Å²) in [5.74, 6) is 2.65. The zero-order chi connectivity index (χ0) is 43.3. The average molecular weight is 838 g/mol. The molecular formula is C57H42BN6O+. The quantitative estimate of drug-likeness (QED) is 0.0950. The molecule has 2 aliphatic heterocycles. The number of benzene rings is 8. The van der Waals surface area contributed by atoms with Crippen LogP contribution in [0.25, 0.3) is 61.0 Å². The minimum absolute atomic E-state index is 0.0926. The first kappa shape index (κ1) is 37.2. The SMILES string of the molecule is Cc1cccc(C)c1N1B2c3ccccc3-c3ccc[n+](C)c3N2c2cc(Oc3cccc(-n4[c-][n+](-c5ccccc5-n5c6ccccc6c6ccccc65)c5ccccc54)c3)ccc21. The summed E-state index contributed by atoms with van der Waals surface area (Å²) in [6.07, 6.45) is 5.92. The van der Waals surface area contributed by atoms with Crippen LogP contribution in [0.4, 0.5) is 22.9 Å². The molecule has 0 bridgehead atoms. The third-order valence-electron chi connectivity index (χ3n) is 13.4. The first-order valence-electron chi connectivity index (χ1n) is 22.2. The summed E-state index contributed by atoms with van der Waals surface area (Å²) in [4.78, 5) is 5.03. The molecule has 2 aliphatic rings. The Morgan fingerprint density at radius 3 is 2.00 bits per heavy atom. The molecule has 0 fully saturated rings. The maximum atomic E-state index is 6.89. The summed E-state index contributed by atoms with van der Waals surface area (Å²) in [6, 6.07) is 69.1. The Morgan fingerprint density at radius 1 is 0.523 bits per heavy atom. The molecule has 8 aromatic carbocycles. The van der Waals surface area contributed by atoms with E-state index in [1.54, 1.807) is 0 Å². The Bertz CT molecular complexity index is 3660. The van der Waals surface area contributed by atoms with E-state index in [1.807, 2.05) is 6.07 Å². The van der Waals surface area contributed by atoms with Crippen LogP contribution in [-0.4, -0.2) is 16.1 Å². The summed E-state index contributed by atoms with van der Waals surface area (Å²) in [5.41, 5.74) is 17.1. The van der Waals surface area contributed by atoms with Gasteiger partial charge in [0, 0.05) is 28.0 Å². The van der Waals surface area contributed by atoms with Crippen molar-refractivity contribution in [3.63, 3.8) is 0 Å². The highest BCUT2D eigenvalue weighted by molar-refractivity contribution is 6.86. The molecule has 0 atom stereocenters. The van der Waals surface area contributed by atoms with E-state index in [0.29, 0.717) is 0 Å². The van der Waals surface area contributed by atoms with Gasteiger partial charge in [-0.05, 0) is 97.3 Å². The Hall–Kier alpha value is -8.36. The first-order chi connectivity index (χ1) is 32.0. The van der Waals surface area contributed by atoms with Gasteiger partial charge in [0.15, 0.2) is 0 Å². The number of fused-ring (bicyclic) bond motifs is 12. The maximum absolute atomic E-state index is 6.89. The summed E-state index contributed by atoms with van der Waals surface area (Å²) in [6.45, 7) is 4.34. The molecule has 0 N–H and O–H groups in total. The molecule has 11 aromatic rings. The van der Waals surface area contributed by atoms with Gasteiger partial charge in [-0.3, -0.25) is 13.9 Å². The monoisotopic (exact) mass is 837 g/mol. The summed E-state index contributed by atoms with van der Waals surface area (Å²) >= 11 is 0. The maximum Gasteiger partial charge on any atom is 0.543 e. The van der Waals surface area contributed by atoms with Gasteiger partial charge in [-0.1, -0.05) is 121 Å². The van der Waals surface area contributed by atoms with Crippen LogP contribution < -0.4 is 29.0 Å². The van der Waals surface area contributed by atoms with Crippen molar-refractivity contribution in [2.45, 2.75) is 13.8 Å². The lowest BCUT2D eigenvalue weighted by Gasteiger charge is -2.32. The van der Waals surface area contributed by atoms with Gasteiger partial charge in [0.1, 0.15) is 17.2 Å². The zero-order valence-electron chi connectivity index (χ0n) is 36.2. The third kappa shape index (κ3) is 5.56. The number of hydrogen-bond donors (Lipinski definition) is 0. The second-order valence-corrected chi connectivity index (χ2v) is 17.2. The van der Waals surface area contributed by atoms with Gasteiger partial charge in [-0.2, -0.15) is 0 Å². The number of hydrogen-bond acceptors (Lipinski definition) is 3. The van der Waals surface area contributed by atoms with Crippen molar-refractivity contribution < 1.29 is 13.9 Å². The second kappa shape index (κ2) is 14.3. The predicted octanol–water partition coefficient (Wildman–Crippen LogP) is 11.7. The predicted molar refractivity (Wildman–Crippen MR) is 263 cm³/mol. The van der Waals surface area contributed by atoms with E-state index in [9.17, 15) is 0 Å². The molecule has 13 rings (SSSR count). The van der Waals surface area contributed by atoms with Crippen LogP contribution >= 0.6 is 0 Å². The number of rotatable bonds is 6. The number of imidazole rings is 1. The fourth-order valence-electron chi connectivity index (χ4n) is 10.6. The highest BCUT2D eigenvalue weighted by Gasteiger charge is 2.56. The van der Waals surface area contributed by atoms with Crippen molar-refractivity contribution in [1.82, 2.24) is 9.13 Å². The number of nitrogens with zero attached hydrogens (tertiary/aromatic N) is 6. The molecule has 7 nitrogen and oxygen atoms in total. The Balaban J connectivity index is 0.919. The molecule has 65 heavy (non-hydrogen) atoms. The minimum atomic E-state index is -0.0926. The lowest BCUT2D eigenvalue weighted by Crippen LogP contribution is -2.58. The Morgan fingerprint density at radius 2 is 1.18 bits per heavy atom. The van der Waals surface area contributed by atoms with E-state index >= 15 is 0 Å². The second-order valence-electron chi connectivity index (χ2n) is 17.2. The molecule has 0 unspecified atom stereocenters. The van der Waals surface area contributed by atoms with E-state index < -0.39 is 0 Å². The average Bonchev–Trinajstić information content (AvgIpc) is 4.00. The van der Waals surface area contributed by atoms with E-state index in [-0.39, 0.29) is 6.98 Å². The largest absolute Gasteiger partial charge is 0.543 e. The van der Waals surface area contributed by atoms with Crippen molar-refractivity contribution in [1.29, 1.82) is 0 Å².